The van der Waals surface area contributed by atoms with Gasteiger partial charge in [0.05, 0.1) is 7.11 Å². The molecular weight excluding hydrogens is 288 g/mol. The fourth-order valence-electron chi connectivity index (χ4n) is 3.71. The molecule has 118 valence electrons. The number of benzene rings is 2. The minimum atomic E-state index is -0.730. The fraction of sp³-hybridized carbons (Fsp3) is 0.300. The molecule has 3 heteroatoms. The highest BCUT2D eigenvalue weighted by atomic mass is 16.6. The number of aryl methyl sites for hydroxylation is 1. The van der Waals surface area contributed by atoms with Crippen LogP contribution in [0.3, 0.4) is 0 Å². The molecule has 1 heterocycles. The van der Waals surface area contributed by atoms with Crippen molar-refractivity contribution in [2.24, 2.45) is 0 Å². The van der Waals surface area contributed by atoms with E-state index in [4.69, 9.17) is 9.47 Å². The van der Waals surface area contributed by atoms with E-state index in [1.807, 2.05) is 12.1 Å². The number of methoxy groups -OCH3 is 1. The van der Waals surface area contributed by atoms with Gasteiger partial charge in [-0.15, -0.1) is 0 Å². The molecular formula is C20H20O3. The lowest BCUT2D eigenvalue weighted by atomic mass is 9.77. The number of aliphatic hydroxyl groups excluding tert-OH is 1. The lowest BCUT2D eigenvalue weighted by molar-refractivity contribution is -0.0809. The molecule has 0 saturated heterocycles. The van der Waals surface area contributed by atoms with E-state index in [-0.39, 0.29) is 5.92 Å². The molecule has 1 unspecified atom stereocenters. The van der Waals surface area contributed by atoms with Crippen LogP contribution in [0, 0.1) is 0 Å². The van der Waals surface area contributed by atoms with Gasteiger partial charge in [0.25, 0.3) is 0 Å². The van der Waals surface area contributed by atoms with Gasteiger partial charge in [-0.05, 0) is 35.2 Å². The van der Waals surface area contributed by atoms with Crippen molar-refractivity contribution in [3.05, 3.63) is 71.0 Å². The molecule has 1 aliphatic carbocycles. The van der Waals surface area contributed by atoms with Gasteiger partial charge in [-0.3, -0.25) is 0 Å². The van der Waals surface area contributed by atoms with Crippen LogP contribution in [0.4, 0.5) is 0 Å². The third-order valence-corrected chi connectivity index (χ3v) is 4.81. The summed E-state index contributed by atoms with van der Waals surface area (Å²) in [5.41, 5.74) is 5.06. The Balaban J connectivity index is 1.81. The number of hydrogen-bond donors (Lipinski definition) is 1. The highest BCUT2D eigenvalue weighted by Crippen LogP contribution is 2.46. The van der Waals surface area contributed by atoms with E-state index in [9.17, 15) is 5.11 Å². The lowest BCUT2D eigenvalue weighted by Gasteiger charge is -2.36. The average Bonchev–Trinajstić information content (AvgIpc) is 2.60. The SMILES string of the molecule is COc1ccc([C@@H]2CC(O)OC3=C2c2ccccc2CC3)cc1. The van der Waals surface area contributed by atoms with E-state index in [0.29, 0.717) is 6.42 Å². The Labute approximate surface area is 136 Å². The van der Waals surface area contributed by atoms with Crippen LogP contribution in [-0.4, -0.2) is 18.5 Å². The smallest absolute Gasteiger partial charge is 0.197 e. The zero-order valence-corrected chi connectivity index (χ0v) is 13.2. The van der Waals surface area contributed by atoms with Crippen LogP contribution in [0.5, 0.6) is 5.75 Å². The number of fused-ring (bicyclic) bond motifs is 2. The Morgan fingerprint density at radius 1 is 1.04 bits per heavy atom. The zero-order valence-electron chi connectivity index (χ0n) is 13.2. The topological polar surface area (TPSA) is 38.7 Å². The summed E-state index contributed by atoms with van der Waals surface area (Å²) in [6, 6.07) is 16.7. The number of allylic oxidation sites excluding steroid dienone is 2. The molecule has 23 heavy (non-hydrogen) atoms. The van der Waals surface area contributed by atoms with E-state index in [1.165, 1.54) is 22.3 Å². The molecule has 0 spiro atoms. The molecule has 0 radical (unpaired) electrons. The summed E-state index contributed by atoms with van der Waals surface area (Å²) in [6.07, 6.45) is 1.68. The summed E-state index contributed by atoms with van der Waals surface area (Å²) < 4.78 is 11.0. The fourth-order valence-corrected chi connectivity index (χ4v) is 3.71. The van der Waals surface area contributed by atoms with Crippen LogP contribution in [0.15, 0.2) is 54.3 Å². The van der Waals surface area contributed by atoms with E-state index < -0.39 is 6.29 Å². The first-order valence-electron chi connectivity index (χ1n) is 8.06. The largest absolute Gasteiger partial charge is 0.497 e. The summed E-state index contributed by atoms with van der Waals surface area (Å²) in [6.45, 7) is 0. The molecule has 2 aromatic carbocycles. The van der Waals surface area contributed by atoms with Gasteiger partial charge in [0, 0.05) is 24.3 Å². The van der Waals surface area contributed by atoms with Crippen molar-refractivity contribution in [3.63, 3.8) is 0 Å². The van der Waals surface area contributed by atoms with Crippen molar-refractivity contribution in [1.82, 2.24) is 0 Å². The summed E-state index contributed by atoms with van der Waals surface area (Å²) in [7, 11) is 1.67. The summed E-state index contributed by atoms with van der Waals surface area (Å²) in [5, 5.41) is 10.1. The van der Waals surface area contributed by atoms with E-state index in [0.717, 1.165) is 24.4 Å². The number of ether oxygens (including phenoxy) is 2. The molecule has 3 nitrogen and oxygen atoms in total. The van der Waals surface area contributed by atoms with Gasteiger partial charge in [-0.2, -0.15) is 0 Å². The zero-order chi connectivity index (χ0) is 15.8. The van der Waals surface area contributed by atoms with Gasteiger partial charge in [-0.1, -0.05) is 36.4 Å². The van der Waals surface area contributed by atoms with Crippen LogP contribution >= 0.6 is 0 Å². The third-order valence-electron chi connectivity index (χ3n) is 4.81. The lowest BCUT2D eigenvalue weighted by Crippen LogP contribution is -2.26. The number of aliphatic hydroxyl groups is 1. The van der Waals surface area contributed by atoms with E-state index in [1.54, 1.807) is 7.11 Å². The van der Waals surface area contributed by atoms with Crippen molar-refractivity contribution in [3.8, 4) is 5.75 Å². The molecule has 2 atom stereocenters. The molecule has 0 fully saturated rings. The number of rotatable bonds is 2. The first kappa shape index (κ1) is 14.3. The Morgan fingerprint density at radius 2 is 1.83 bits per heavy atom. The second kappa shape index (κ2) is 5.74. The van der Waals surface area contributed by atoms with Gasteiger partial charge in [0.2, 0.25) is 0 Å². The molecule has 4 rings (SSSR count). The van der Waals surface area contributed by atoms with Crippen molar-refractivity contribution in [2.45, 2.75) is 31.5 Å². The minimum absolute atomic E-state index is 0.154. The summed E-state index contributed by atoms with van der Waals surface area (Å²) >= 11 is 0. The molecule has 2 aromatic rings. The molecule has 0 amide bonds. The number of hydrogen-bond acceptors (Lipinski definition) is 3. The average molecular weight is 308 g/mol. The maximum absolute atomic E-state index is 10.1. The monoisotopic (exact) mass is 308 g/mol. The van der Waals surface area contributed by atoms with Gasteiger partial charge in [-0.25, -0.2) is 0 Å². The summed E-state index contributed by atoms with van der Waals surface area (Å²) in [4.78, 5) is 0. The van der Waals surface area contributed by atoms with Crippen LogP contribution in [0.1, 0.15) is 35.4 Å². The Morgan fingerprint density at radius 3 is 2.61 bits per heavy atom. The molecule has 2 aliphatic rings. The second-order valence-corrected chi connectivity index (χ2v) is 6.13. The predicted octanol–water partition coefficient (Wildman–Crippen LogP) is 3.88. The Hall–Kier alpha value is -2.26. The van der Waals surface area contributed by atoms with Crippen LogP contribution in [-0.2, 0) is 11.2 Å². The van der Waals surface area contributed by atoms with Gasteiger partial charge < -0.3 is 14.6 Å². The highest BCUT2D eigenvalue weighted by Gasteiger charge is 2.34. The Kier molecular flexibility index (Phi) is 3.58. The van der Waals surface area contributed by atoms with Gasteiger partial charge >= 0.3 is 0 Å². The highest BCUT2D eigenvalue weighted by molar-refractivity contribution is 5.77. The predicted molar refractivity (Wildman–Crippen MR) is 89.1 cm³/mol. The van der Waals surface area contributed by atoms with Crippen molar-refractivity contribution >= 4 is 5.57 Å². The quantitative estimate of drug-likeness (QED) is 0.915. The molecule has 1 N–H and O–H groups in total. The molecule has 0 saturated carbocycles. The van der Waals surface area contributed by atoms with Crippen LogP contribution in [0.25, 0.3) is 5.57 Å². The van der Waals surface area contributed by atoms with E-state index in [2.05, 4.69) is 36.4 Å². The third kappa shape index (κ3) is 2.51. The Bertz CT molecular complexity index is 746. The van der Waals surface area contributed by atoms with E-state index >= 15 is 0 Å². The maximum Gasteiger partial charge on any atom is 0.197 e. The normalized spacial score (nSPS) is 22.9. The maximum atomic E-state index is 10.1. The van der Waals surface area contributed by atoms with Gasteiger partial charge in [0.1, 0.15) is 11.5 Å². The van der Waals surface area contributed by atoms with Crippen LogP contribution < -0.4 is 4.74 Å². The second-order valence-electron chi connectivity index (χ2n) is 6.13. The summed E-state index contributed by atoms with van der Waals surface area (Å²) in [5.74, 6) is 1.95. The van der Waals surface area contributed by atoms with Crippen LogP contribution in [0.2, 0.25) is 0 Å². The molecule has 0 bridgehead atoms. The van der Waals surface area contributed by atoms with Crippen molar-refractivity contribution < 1.29 is 14.6 Å². The molecule has 1 aliphatic heterocycles. The first-order chi connectivity index (χ1) is 11.3. The van der Waals surface area contributed by atoms with Crippen molar-refractivity contribution in [2.75, 3.05) is 7.11 Å². The van der Waals surface area contributed by atoms with Gasteiger partial charge in [0.15, 0.2) is 6.29 Å². The first-order valence-corrected chi connectivity index (χ1v) is 8.06. The van der Waals surface area contributed by atoms with Crippen molar-refractivity contribution in [1.29, 1.82) is 0 Å². The minimum Gasteiger partial charge on any atom is -0.497 e. The standard InChI is InChI=1S/C20H20O3/c1-22-15-9-6-14(7-10-15)17-12-19(21)23-18-11-8-13-4-2-3-5-16(13)20(17)18/h2-7,9-10,17,19,21H,8,11-12H2,1H3/t17-,19?/m0/s1. The molecule has 0 aromatic heterocycles.